The topological polar surface area (TPSA) is 136 Å². The molecule has 1 saturated carbocycles. The average Bonchev–Trinajstić information content (AvgIpc) is 2.99. The van der Waals surface area contributed by atoms with E-state index in [2.05, 4.69) is 17.2 Å². The number of aliphatic hydroxyl groups is 3. The minimum absolute atomic E-state index is 0.0533. The number of ketones is 2. The molecule has 1 saturated heterocycles. The number of phenols is 1. The summed E-state index contributed by atoms with van der Waals surface area (Å²) in [6.07, 6.45) is 4.64. The number of benzene rings is 1. The number of ether oxygens (including phenoxy) is 1. The fraction of sp³-hybridized carbons (Fsp3) is 0.688. The fourth-order valence-corrected chi connectivity index (χ4v) is 6.61. The van der Waals surface area contributed by atoms with Gasteiger partial charge in [-0.05, 0) is 87.1 Å². The first-order valence-electron chi connectivity index (χ1n) is 14.9. The predicted molar refractivity (Wildman–Crippen MR) is 151 cm³/mol. The third kappa shape index (κ3) is 7.64. The largest absolute Gasteiger partial charge is 0.504 e. The van der Waals surface area contributed by atoms with Crippen LogP contribution in [-0.2, 0) is 16.0 Å². The van der Waals surface area contributed by atoms with Crippen molar-refractivity contribution in [2.24, 2.45) is 17.8 Å². The molecule has 2 aliphatic carbocycles. The van der Waals surface area contributed by atoms with E-state index in [1.165, 1.54) is 14.0 Å². The van der Waals surface area contributed by atoms with Crippen LogP contribution in [0.3, 0.4) is 0 Å². The molecule has 0 bridgehead atoms. The number of nitrogens with one attached hydrogen (secondary N) is 1. The van der Waals surface area contributed by atoms with Gasteiger partial charge in [0.05, 0.1) is 25.4 Å². The van der Waals surface area contributed by atoms with Gasteiger partial charge in [0.15, 0.2) is 17.3 Å². The maximum absolute atomic E-state index is 13.2. The van der Waals surface area contributed by atoms with Gasteiger partial charge in [0.2, 0.25) is 0 Å². The van der Waals surface area contributed by atoms with Crippen LogP contribution >= 0.6 is 0 Å². The third-order valence-corrected chi connectivity index (χ3v) is 9.11. The molecule has 1 aromatic carbocycles. The Morgan fingerprint density at radius 1 is 1.10 bits per heavy atom. The number of fused-ring (bicyclic) bond motifs is 2. The second-order valence-corrected chi connectivity index (χ2v) is 12.1. The summed E-state index contributed by atoms with van der Waals surface area (Å²) in [5, 5.41) is 45.4. The lowest BCUT2D eigenvalue weighted by molar-refractivity contribution is -0.124. The highest BCUT2D eigenvalue weighted by Gasteiger charge is 2.34. The summed E-state index contributed by atoms with van der Waals surface area (Å²) in [5.74, 6) is 6.44. The smallest absolute Gasteiger partial charge is 0.160 e. The lowest BCUT2D eigenvalue weighted by Gasteiger charge is -2.39. The first kappa shape index (κ1) is 30.5. The van der Waals surface area contributed by atoms with Crippen LogP contribution in [0.25, 0.3) is 0 Å². The van der Waals surface area contributed by atoms with Gasteiger partial charge < -0.3 is 30.5 Å². The molecular formula is C32H45NO7. The van der Waals surface area contributed by atoms with E-state index in [9.17, 15) is 30.0 Å². The SMILES string of the molecule is COc1cc2c(cc1O)[C@@H](C[C@H](O)[C@H](C)O)C#C[C@H]([C@H](O)CCCC[C@H]1CN[C@@H]3CC(=O)CC[C@H]3C1)C(=O)CC2. The third-order valence-electron chi connectivity index (χ3n) is 9.11. The van der Waals surface area contributed by atoms with Crippen LogP contribution in [0.1, 0.15) is 88.2 Å². The molecule has 0 aromatic heterocycles. The van der Waals surface area contributed by atoms with Gasteiger partial charge in [-0.15, -0.1) is 0 Å². The number of hydrogen-bond acceptors (Lipinski definition) is 8. The standard InChI is InChI=1S/C32H45NO7/c1-19(34)30(38)14-21-8-11-25(29(37)12-9-22-15-32(40-2)31(39)17-26(21)22)28(36)6-4-3-5-20-13-23-7-10-24(35)16-27(23)33-18-20/h15,17,19-21,23,25,27-28,30,33-34,36,38-39H,3-7,9-10,12-14,16,18H2,1-2H3/t19-,20+,21+,23-,25+,27+,28+,30-/m0/s1. The van der Waals surface area contributed by atoms with Crippen molar-refractivity contribution in [3.8, 4) is 23.3 Å². The number of hydrogen-bond donors (Lipinski definition) is 5. The highest BCUT2D eigenvalue weighted by molar-refractivity contribution is 5.85. The molecule has 8 atom stereocenters. The number of carbonyl (C=O) groups is 2. The number of carbonyl (C=O) groups excluding carboxylic acids is 2. The first-order chi connectivity index (χ1) is 19.2. The Labute approximate surface area is 237 Å². The monoisotopic (exact) mass is 555 g/mol. The normalized spacial score (nSPS) is 29.0. The number of phenolic OH excluding ortho intramolecular Hbond substituents is 1. The van der Waals surface area contributed by atoms with Crippen LogP contribution in [0.5, 0.6) is 11.5 Å². The van der Waals surface area contributed by atoms with E-state index in [4.69, 9.17) is 4.74 Å². The van der Waals surface area contributed by atoms with E-state index < -0.39 is 30.1 Å². The van der Waals surface area contributed by atoms with Crippen molar-refractivity contribution in [1.29, 1.82) is 0 Å². The molecule has 1 heterocycles. The van der Waals surface area contributed by atoms with Crippen LogP contribution in [0.2, 0.25) is 0 Å². The van der Waals surface area contributed by atoms with Crippen molar-refractivity contribution in [3.63, 3.8) is 0 Å². The number of aromatic hydroxyl groups is 1. The molecule has 40 heavy (non-hydrogen) atoms. The predicted octanol–water partition coefficient (Wildman–Crippen LogP) is 3.02. The molecule has 0 radical (unpaired) electrons. The zero-order chi connectivity index (χ0) is 28.8. The number of aryl methyl sites for hydroxylation is 1. The average molecular weight is 556 g/mol. The van der Waals surface area contributed by atoms with Crippen molar-refractivity contribution in [2.75, 3.05) is 13.7 Å². The molecule has 2 fully saturated rings. The van der Waals surface area contributed by atoms with Crippen LogP contribution < -0.4 is 10.1 Å². The van der Waals surface area contributed by atoms with E-state index in [1.807, 2.05) is 0 Å². The Morgan fingerprint density at radius 3 is 2.65 bits per heavy atom. The Hall–Kier alpha value is -2.44. The minimum atomic E-state index is -1.03. The number of aliphatic hydroxyl groups excluding tert-OH is 3. The zero-order valence-corrected chi connectivity index (χ0v) is 23.8. The number of unbranched alkanes of at least 4 members (excludes halogenated alkanes) is 1. The minimum Gasteiger partial charge on any atom is -0.504 e. The first-order valence-corrected chi connectivity index (χ1v) is 14.9. The number of Topliss-reactive ketones (excluding diaryl/α,β-unsaturated/α-hetero) is 2. The number of methoxy groups -OCH3 is 1. The highest BCUT2D eigenvalue weighted by Crippen LogP contribution is 2.37. The van der Waals surface area contributed by atoms with Crippen LogP contribution in [-0.4, -0.2) is 70.0 Å². The number of piperidine rings is 1. The van der Waals surface area contributed by atoms with Gasteiger partial charge in [-0.1, -0.05) is 24.7 Å². The van der Waals surface area contributed by atoms with Gasteiger partial charge in [-0.3, -0.25) is 9.59 Å². The van der Waals surface area contributed by atoms with Gasteiger partial charge in [0.25, 0.3) is 0 Å². The van der Waals surface area contributed by atoms with Crippen LogP contribution in [0.4, 0.5) is 0 Å². The molecule has 1 aliphatic heterocycles. The molecular weight excluding hydrogens is 510 g/mol. The summed E-state index contributed by atoms with van der Waals surface area (Å²) in [7, 11) is 1.46. The van der Waals surface area contributed by atoms with Gasteiger partial charge >= 0.3 is 0 Å². The summed E-state index contributed by atoms with van der Waals surface area (Å²) in [6, 6.07) is 3.61. The van der Waals surface area contributed by atoms with Crippen molar-refractivity contribution in [2.45, 2.75) is 108 Å². The zero-order valence-electron chi connectivity index (χ0n) is 23.8. The van der Waals surface area contributed by atoms with Gasteiger partial charge in [0.1, 0.15) is 11.7 Å². The van der Waals surface area contributed by atoms with E-state index in [0.29, 0.717) is 60.7 Å². The Morgan fingerprint density at radius 2 is 1.90 bits per heavy atom. The molecule has 8 nitrogen and oxygen atoms in total. The van der Waals surface area contributed by atoms with E-state index >= 15 is 0 Å². The highest BCUT2D eigenvalue weighted by atomic mass is 16.5. The maximum atomic E-state index is 13.2. The lowest BCUT2D eigenvalue weighted by Crippen LogP contribution is -2.48. The maximum Gasteiger partial charge on any atom is 0.160 e. The van der Waals surface area contributed by atoms with E-state index in [-0.39, 0.29) is 24.4 Å². The molecule has 8 heteroatoms. The molecule has 0 amide bonds. The molecule has 5 N–H and O–H groups in total. The lowest BCUT2D eigenvalue weighted by atomic mass is 9.74. The van der Waals surface area contributed by atoms with E-state index in [0.717, 1.165) is 44.2 Å². The summed E-state index contributed by atoms with van der Waals surface area (Å²) in [5.41, 5.74) is 1.49. The Balaban J connectivity index is 1.38. The Bertz CT molecular complexity index is 1110. The summed E-state index contributed by atoms with van der Waals surface area (Å²) in [6.45, 7) is 2.44. The number of rotatable bonds is 10. The van der Waals surface area contributed by atoms with Crippen LogP contribution in [0.15, 0.2) is 12.1 Å². The second kappa shape index (κ2) is 14.0. The summed E-state index contributed by atoms with van der Waals surface area (Å²) < 4.78 is 5.27. The summed E-state index contributed by atoms with van der Waals surface area (Å²) >= 11 is 0. The van der Waals surface area contributed by atoms with Crippen molar-refractivity contribution < 1.29 is 34.8 Å². The Kier molecular flexibility index (Phi) is 10.6. The molecule has 1 aromatic rings. The molecule has 4 rings (SSSR count). The molecule has 3 aliphatic rings. The molecule has 220 valence electrons. The van der Waals surface area contributed by atoms with E-state index in [1.54, 1.807) is 12.1 Å². The van der Waals surface area contributed by atoms with Gasteiger partial charge in [0, 0.05) is 31.2 Å². The van der Waals surface area contributed by atoms with Crippen LogP contribution in [0, 0.1) is 29.6 Å². The fourth-order valence-electron chi connectivity index (χ4n) is 6.61. The van der Waals surface area contributed by atoms with Crippen molar-refractivity contribution in [1.82, 2.24) is 5.32 Å². The summed E-state index contributed by atoms with van der Waals surface area (Å²) in [4.78, 5) is 24.9. The van der Waals surface area contributed by atoms with Gasteiger partial charge in [-0.2, -0.15) is 0 Å². The van der Waals surface area contributed by atoms with Gasteiger partial charge in [-0.25, -0.2) is 0 Å². The van der Waals surface area contributed by atoms with Crippen molar-refractivity contribution in [3.05, 3.63) is 23.3 Å². The second-order valence-electron chi connectivity index (χ2n) is 12.1. The molecule has 0 spiro atoms. The molecule has 0 unspecified atom stereocenters. The van der Waals surface area contributed by atoms with Crippen molar-refractivity contribution >= 4 is 11.6 Å². The quantitative estimate of drug-likeness (QED) is 0.220.